The summed E-state index contributed by atoms with van der Waals surface area (Å²) in [7, 11) is 0. The number of nitrogens with one attached hydrogen (secondary N) is 2. The van der Waals surface area contributed by atoms with E-state index in [1.807, 2.05) is 0 Å². The molecule has 0 bridgehead atoms. The van der Waals surface area contributed by atoms with Crippen molar-refractivity contribution in [2.75, 3.05) is 6.61 Å². The highest BCUT2D eigenvalue weighted by Gasteiger charge is 2.02. The summed E-state index contributed by atoms with van der Waals surface area (Å²) < 4.78 is 17.3. The zero-order chi connectivity index (χ0) is 12.0. The Morgan fingerprint density at radius 1 is 1.38 bits per heavy atom. The van der Waals surface area contributed by atoms with Gasteiger partial charge in [-0.15, -0.1) is 0 Å². The molecule has 4 nitrogen and oxygen atoms in total. The third kappa shape index (κ3) is 3.61. The van der Waals surface area contributed by atoms with Crippen LogP contribution in [0.5, 0.6) is 0 Å². The van der Waals surface area contributed by atoms with Crippen LogP contribution in [0.25, 0.3) is 5.70 Å². The van der Waals surface area contributed by atoms with Gasteiger partial charge in [0.15, 0.2) is 0 Å². The van der Waals surface area contributed by atoms with E-state index in [9.17, 15) is 9.18 Å². The van der Waals surface area contributed by atoms with Gasteiger partial charge in [-0.1, -0.05) is 6.58 Å². The van der Waals surface area contributed by atoms with E-state index in [2.05, 4.69) is 22.2 Å². The van der Waals surface area contributed by atoms with Crippen LogP contribution in [0, 0.1) is 5.82 Å². The Balaban J connectivity index is 2.47. The molecule has 0 radical (unpaired) electrons. The number of carbonyl (C=O) groups excluding carboxylic acids is 1. The summed E-state index contributed by atoms with van der Waals surface area (Å²) >= 11 is 0. The maximum absolute atomic E-state index is 12.6. The molecule has 5 heteroatoms. The average Bonchev–Trinajstić information content (AvgIpc) is 2.27. The van der Waals surface area contributed by atoms with Crippen LogP contribution >= 0.6 is 0 Å². The molecule has 0 saturated carbocycles. The van der Waals surface area contributed by atoms with Gasteiger partial charge in [-0.3, -0.25) is 5.43 Å². The van der Waals surface area contributed by atoms with Gasteiger partial charge in [-0.2, -0.15) is 0 Å². The first kappa shape index (κ1) is 12.0. The molecule has 16 heavy (non-hydrogen) atoms. The first-order chi connectivity index (χ1) is 7.63. The van der Waals surface area contributed by atoms with E-state index in [-0.39, 0.29) is 12.4 Å². The lowest BCUT2D eigenvalue weighted by Crippen LogP contribution is -2.36. The highest BCUT2D eigenvalue weighted by Crippen LogP contribution is 2.09. The third-order valence-corrected chi connectivity index (χ3v) is 1.78. The number of ether oxygens (including phenoxy) is 1. The highest BCUT2D eigenvalue weighted by atomic mass is 19.1. The van der Waals surface area contributed by atoms with Gasteiger partial charge in [0.25, 0.3) is 0 Å². The van der Waals surface area contributed by atoms with Gasteiger partial charge in [-0.25, -0.2) is 14.6 Å². The van der Waals surface area contributed by atoms with Crippen LogP contribution in [0.4, 0.5) is 9.18 Å². The van der Waals surface area contributed by atoms with Crippen molar-refractivity contribution in [3.05, 3.63) is 42.2 Å². The van der Waals surface area contributed by atoms with Crippen LogP contribution in [-0.4, -0.2) is 12.7 Å². The minimum atomic E-state index is -0.592. The number of hydrazine groups is 1. The van der Waals surface area contributed by atoms with Gasteiger partial charge in [0.05, 0.1) is 12.3 Å². The fourth-order valence-electron chi connectivity index (χ4n) is 1.02. The molecule has 1 aromatic rings. The number of hydrogen-bond acceptors (Lipinski definition) is 3. The van der Waals surface area contributed by atoms with Crippen LogP contribution in [0.1, 0.15) is 12.5 Å². The van der Waals surface area contributed by atoms with Crippen LogP contribution in [0.3, 0.4) is 0 Å². The van der Waals surface area contributed by atoms with Crippen LogP contribution < -0.4 is 10.9 Å². The number of hydrogen-bond donors (Lipinski definition) is 2. The van der Waals surface area contributed by atoms with E-state index in [1.54, 1.807) is 19.1 Å². The fraction of sp³-hybridized carbons (Fsp3) is 0.182. The number of amides is 1. The zero-order valence-electron chi connectivity index (χ0n) is 8.92. The minimum Gasteiger partial charge on any atom is -0.449 e. The van der Waals surface area contributed by atoms with Gasteiger partial charge >= 0.3 is 6.09 Å². The van der Waals surface area contributed by atoms with Gasteiger partial charge < -0.3 is 4.74 Å². The summed E-state index contributed by atoms with van der Waals surface area (Å²) in [5.74, 6) is -0.324. The lowest BCUT2D eigenvalue weighted by Gasteiger charge is -2.10. The Labute approximate surface area is 93.1 Å². The monoisotopic (exact) mass is 224 g/mol. The zero-order valence-corrected chi connectivity index (χ0v) is 8.92. The lowest BCUT2D eigenvalue weighted by molar-refractivity contribution is 0.149. The summed E-state index contributed by atoms with van der Waals surface area (Å²) in [6.07, 6.45) is -0.592. The fourth-order valence-corrected chi connectivity index (χ4v) is 1.02. The molecule has 1 aromatic carbocycles. The molecule has 0 atom stereocenters. The third-order valence-electron chi connectivity index (χ3n) is 1.78. The SMILES string of the molecule is C=C(NNC(=O)OCC)c1ccc(F)cc1. The van der Waals surface area contributed by atoms with Crippen molar-refractivity contribution in [3.63, 3.8) is 0 Å². The van der Waals surface area contributed by atoms with Crippen molar-refractivity contribution in [2.45, 2.75) is 6.92 Å². The smallest absolute Gasteiger partial charge is 0.425 e. The molecule has 0 unspecified atom stereocenters. The van der Waals surface area contributed by atoms with Gasteiger partial charge in [0.2, 0.25) is 0 Å². The number of benzene rings is 1. The number of rotatable bonds is 4. The van der Waals surface area contributed by atoms with Crippen molar-refractivity contribution >= 4 is 11.8 Å². The summed E-state index contributed by atoms with van der Waals surface area (Å²) in [6, 6.07) is 5.73. The maximum Gasteiger partial charge on any atom is 0.425 e. The molecule has 0 fully saturated rings. The molecular formula is C11H13FN2O2. The molecule has 1 rings (SSSR count). The topological polar surface area (TPSA) is 50.4 Å². The van der Waals surface area contributed by atoms with Crippen LogP contribution in [0.2, 0.25) is 0 Å². The van der Waals surface area contributed by atoms with E-state index in [0.29, 0.717) is 11.3 Å². The second-order valence-electron chi connectivity index (χ2n) is 2.96. The minimum absolute atomic E-state index is 0.288. The van der Waals surface area contributed by atoms with E-state index < -0.39 is 6.09 Å². The van der Waals surface area contributed by atoms with E-state index in [4.69, 9.17) is 0 Å². The summed E-state index contributed by atoms with van der Waals surface area (Å²) in [4.78, 5) is 10.9. The Morgan fingerprint density at radius 3 is 2.56 bits per heavy atom. The molecule has 0 spiro atoms. The van der Waals surface area contributed by atoms with Crippen molar-refractivity contribution in [2.24, 2.45) is 0 Å². The second-order valence-corrected chi connectivity index (χ2v) is 2.96. The molecule has 0 aliphatic rings. The molecule has 86 valence electrons. The summed E-state index contributed by atoms with van der Waals surface area (Å²) in [6.45, 7) is 5.67. The molecule has 0 aliphatic heterocycles. The molecule has 1 amide bonds. The predicted octanol–water partition coefficient (Wildman–Crippen LogP) is 2.05. The van der Waals surface area contributed by atoms with Gasteiger partial charge in [-0.05, 0) is 36.8 Å². The molecule has 2 N–H and O–H groups in total. The van der Waals surface area contributed by atoms with Crippen molar-refractivity contribution < 1.29 is 13.9 Å². The Morgan fingerprint density at radius 2 is 2.00 bits per heavy atom. The first-order valence-corrected chi connectivity index (χ1v) is 4.77. The van der Waals surface area contributed by atoms with E-state index in [1.165, 1.54) is 12.1 Å². The first-order valence-electron chi connectivity index (χ1n) is 4.77. The highest BCUT2D eigenvalue weighted by molar-refractivity contribution is 5.70. The summed E-state index contributed by atoms with van der Waals surface area (Å²) in [5.41, 5.74) is 5.98. The van der Waals surface area contributed by atoms with Gasteiger partial charge in [0, 0.05) is 0 Å². The Bertz CT molecular complexity index is 376. The molecule has 0 saturated heterocycles. The maximum atomic E-state index is 12.6. The Hall–Kier alpha value is -2.04. The number of halogens is 1. The lowest BCUT2D eigenvalue weighted by atomic mass is 10.2. The van der Waals surface area contributed by atoms with E-state index >= 15 is 0 Å². The Kier molecular flexibility index (Phi) is 4.32. The standard InChI is InChI=1S/C11H13FN2O2/c1-3-16-11(15)14-13-8(2)9-4-6-10(12)7-5-9/h4-7,13H,2-3H2,1H3,(H,14,15). The molecular weight excluding hydrogens is 211 g/mol. The average molecular weight is 224 g/mol. The molecule has 0 aromatic heterocycles. The summed E-state index contributed by atoms with van der Waals surface area (Å²) in [5, 5.41) is 0. The predicted molar refractivity (Wildman–Crippen MR) is 58.7 cm³/mol. The van der Waals surface area contributed by atoms with Gasteiger partial charge in [0.1, 0.15) is 5.82 Å². The normalized spacial score (nSPS) is 9.38. The largest absolute Gasteiger partial charge is 0.449 e. The molecule has 0 heterocycles. The van der Waals surface area contributed by atoms with Crippen molar-refractivity contribution in [3.8, 4) is 0 Å². The van der Waals surface area contributed by atoms with Crippen LogP contribution in [-0.2, 0) is 4.74 Å². The van der Waals surface area contributed by atoms with Crippen LogP contribution in [0.15, 0.2) is 30.8 Å². The quantitative estimate of drug-likeness (QED) is 0.769. The number of carbonyl (C=O) groups is 1. The van der Waals surface area contributed by atoms with E-state index in [0.717, 1.165) is 0 Å². The molecule has 0 aliphatic carbocycles. The van der Waals surface area contributed by atoms with Crippen molar-refractivity contribution in [1.82, 2.24) is 10.9 Å². The second kappa shape index (κ2) is 5.75. The van der Waals surface area contributed by atoms with Crippen molar-refractivity contribution in [1.29, 1.82) is 0 Å².